The number of hydrogen-bond acceptors (Lipinski definition) is 7. The van der Waals surface area contributed by atoms with Crippen LogP contribution in [0.5, 0.6) is 0 Å². The van der Waals surface area contributed by atoms with E-state index in [9.17, 15) is 9.90 Å². The standard InChI is InChI=1S/C18H30O2.C7H17NO5/c1-2-3-4-5-6-7-8-9-10-11-12-13-14-15-16-17-18(19)20;1-8-2-4(10)6(12)7(13)5(11)3-9/h6-7,9-10,12-13H,2-5,8,11,14-17H2,1H3,(H,19,20);4-13H,2-3H2,1H3/b7-6-,10-9-,13-12-;/t;4-,5+,6+,7+/m.0/s1. The Bertz CT molecular complexity index is 523. The first-order chi connectivity index (χ1) is 15.8. The second-order valence-electron chi connectivity index (χ2n) is 7.88. The van der Waals surface area contributed by atoms with Crippen LogP contribution in [0.2, 0.25) is 0 Å². The summed E-state index contributed by atoms with van der Waals surface area (Å²) in [5, 5.41) is 56.0. The van der Waals surface area contributed by atoms with Gasteiger partial charge in [-0.25, -0.2) is 0 Å². The molecule has 194 valence electrons. The molecule has 0 rings (SSSR count). The molecule has 0 heterocycles. The van der Waals surface area contributed by atoms with E-state index in [0.717, 1.165) is 32.1 Å². The fourth-order valence-electron chi connectivity index (χ4n) is 2.72. The van der Waals surface area contributed by atoms with Gasteiger partial charge in [-0.3, -0.25) is 4.79 Å². The third kappa shape index (κ3) is 23.4. The SMILES string of the molecule is CCCCC/C=C\C/C=C\C/C=C\CCCCC(=O)O.CNC[C@H](O)[C@@H](O)[C@H](O)[C@H](O)CO. The van der Waals surface area contributed by atoms with Crippen LogP contribution in [0.3, 0.4) is 0 Å². The van der Waals surface area contributed by atoms with E-state index < -0.39 is 37.0 Å². The Balaban J connectivity index is 0. The summed E-state index contributed by atoms with van der Waals surface area (Å²) in [6.45, 7) is 1.66. The monoisotopic (exact) mass is 473 g/mol. The Hall–Kier alpha value is -1.55. The Morgan fingerprint density at radius 3 is 1.73 bits per heavy atom. The van der Waals surface area contributed by atoms with Gasteiger partial charge < -0.3 is 36.0 Å². The number of aliphatic carboxylic acids is 1. The van der Waals surface area contributed by atoms with E-state index in [1.54, 1.807) is 7.05 Å². The highest BCUT2D eigenvalue weighted by molar-refractivity contribution is 5.66. The van der Waals surface area contributed by atoms with Crippen LogP contribution in [-0.4, -0.2) is 81.2 Å². The van der Waals surface area contributed by atoms with E-state index in [-0.39, 0.29) is 6.54 Å². The van der Waals surface area contributed by atoms with Gasteiger partial charge in [0, 0.05) is 13.0 Å². The molecule has 0 amide bonds. The number of allylic oxidation sites excluding steroid dienone is 6. The van der Waals surface area contributed by atoms with E-state index in [2.05, 4.69) is 48.7 Å². The average molecular weight is 474 g/mol. The molecule has 8 nitrogen and oxygen atoms in total. The van der Waals surface area contributed by atoms with E-state index in [1.807, 2.05) is 0 Å². The molecular weight excluding hydrogens is 426 g/mol. The topological polar surface area (TPSA) is 150 Å². The molecule has 0 spiro atoms. The lowest BCUT2D eigenvalue weighted by Gasteiger charge is -2.25. The van der Waals surface area contributed by atoms with E-state index >= 15 is 0 Å². The van der Waals surface area contributed by atoms with Crippen molar-refractivity contribution in [3.8, 4) is 0 Å². The molecule has 0 saturated heterocycles. The van der Waals surface area contributed by atoms with Crippen molar-refractivity contribution in [1.29, 1.82) is 0 Å². The molecule has 7 N–H and O–H groups in total. The third-order valence-electron chi connectivity index (χ3n) is 4.77. The maximum Gasteiger partial charge on any atom is 0.303 e. The van der Waals surface area contributed by atoms with Crippen LogP contribution < -0.4 is 5.32 Å². The van der Waals surface area contributed by atoms with Crippen LogP contribution in [0.15, 0.2) is 36.5 Å². The van der Waals surface area contributed by atoms with E-state index in [0.29, 0.717) is 6.42 Å². The summed E-state index contributed by atoms with van der Waals surface area (Å²) >= 11 is 0. The highest BCUT2D eigenvalue weighted by atomic mass is 16.4. The van der Waals surface area contributed by atoms with Gasteiger partial charge in [0.05, 0.1) is 12.7 Å². The average Bonchev–Trinajstić information content (AvgIpc) is 2.80. The summed E-state index contributed by atoms with van der Waals surface area (Å²) < 4.78 is 0. The number of hydrogen-bond donors (Lipinski definition) is 7. The molecule has 0 saturated carbocycles. The highest BCUT2D eigenvalue weighted by Gasteiger charge is 2.29. The van der Waals surface area contributed by atoms with Crippen LogP contribution in [0.4, 0.5) is 0 Å². The number of nitrogens with one attached hydrogen (secondary N) is 1. The highest BCUT2D eigenvalue weighted by Crippen LogP contribution is 2.04. The van der Waals surface area contributed by atoms with Gasteiger partial charge in [0.2, 0.25) is 0 Å². The zero-order chi connectivity index (χ0) is 25.3. The first-order valence-corrected chi connectivity index (χ1v) is 12.0. The molecule has 0 aromatic carbocycles. The third-order valence-corrected chi connectivity index (χ3v) is 4.77. The Morgan fingerprint density at radius 1 is 0.788 bits per heavy atom. The maximum absolute atomic E-state index is 10.3. The molecule has 33 heavy (non-hydrogen) atoms. The van der Waals surface area contributed by atoms with Crippen molar-refractivity contribution < 1.29 is 35.4 Å². The van der Waals surface area contributed by atoms with Crippen molar-refractivity contribution in [2.75, 3.05) is 20.2 Å². The molecule has 0 aliphatic rings. The molecule has 0 aliphatic carbocycles. The summed E-state index contributed by atoms with van der Waals surface area (Å²) in [5.74, 6) is -0.695. The van der Waals surface area contributed by atoms with Gasteiger partial charge in [0.25, 0.3) is 0 Å². The fraction of sp³-hybridized carbons (Fsp3) is 0.720. The quantitative estimate of drug-likeness (QED) is 0.112. The second-order valence-corrected chi connectivity index (χ2v) is 7.88. The molecule has 0 radical (unpaired) electrons. The summed E-state index contributed by atoms with van der Waals surface area (Å²) in [4.78, 5) is 10.3. The van der Waals surface area contributed by atoms with Crippen LogP contribution >= 0.6 is 0 Å². The number of likely N-dealkylation sites (N-methyl/N-ethyl adjacent to an activating group) is 1. The van der Waals surface area contributed by atoms with Gasteiger partial charge >= 0.3 is 5.97 Å². The number of carbonyl (C=O) groups is 1. The second kappa shape index (κ2) is 25.1. The molecule has 4 atom stereocenters. The van der Waals surface area contributed by atoms with Gasteiger partial charge in [-0.1, -0.05) is 56.2 Å². The van der Waals surface area contributed by atoms with Gasteiger partial charge in [-0.2, -0.15) is 0 Å². The maximum atomic E-state index is 10.3. The molecule has 0 aliphatic heterocycles. The van der Waals surface area contributed by atoms with E-state index in [4.69, 9.17) is 25.5 Å². The predicted octanol–water partition coefficient (Wildman–Crippen LogP) is 2.30. The van der Waals surface area contributed by atoms with Crippen LogP contribution in [0.25, 0.3) is 0 Å². The van der Waals surface area contributed by atoms with Gasteiger partial charge in [0.1, 0.15) is 18.3 Å². The number of unbranched alkanes of at least 4 members (excludes halogenated alkanes) is 5. The lowest BCUT2D eigenvalue weighted by atomic mass is 10.0. The van der Waals surface area contributed by atoms with Crippen LogP contribution in [0, 0.1) is 0 Å². The van der Waals surface area contributed by atoms with Crippen molar-refractivity contribution in [1.82, 2.24) is 5.32 Å². The molecule has 0 aromatic rings. The largest absolute Gasteiger partial charge is 0.481 e. The van der Waals surface area contributed by atoms with Gasteiger partial charge in [0.15, 0.2) is 0 Å². The zero-order valence-electron chi connectivity index (χ0n) is 20.4. The van der Waals surface area contributed by atoms with Crippen molar-refractivity contribution in [2.24, 2.45) is 0 Å². The number of aliphatic hydroxyl groups is 5. The van der Waals surface area contributed by atoms with Gasteiger partial charge in [-0.05, 0) is 52.0 Å². The predicted molar refractivity (Wildman–Crippen MR) is 132 cm³/mol. The van der Waals surface area contributed by atoms with Crippen molar-refractivity contribution in [2.45, 2.75) is 95.5 Å². The molecule has 0 fully saturated rings. The Kier molecular flexibility index (Phi) is 25.6. The van der Waals surface area contributed by atoms with Gasteiger partial charge in [-0.15, -0.1) is 0 Å². The molecule has 8 heteroatoms. The number of aliphatic hydroxyl groups excluding tert-OH is 5. The van der Waals surface area contributed by atoms with E-state index in [1.165, 1.54) is 25.7 Å². The Labute approximate surface area is 199 Å². The van der Waals surface area contributed by atoms with Crippen molar-refractivity contribution in [3.05, 3.63) is 36.5 Å². The van der Waals surface area contributed by atoms with Crippen molar-refractivity contribution >= 4 is 5.97 Å². The zero-order valence-corrected chi connectivity index (χ0v) is 20.4. The summed E-state index contributed by atoms with van der Waals surface area (Å²) in [5.41, 5.74) is 0. The molecule has 0 bridgehead atoms. The molecule has 0 unspecified atom stereocenters. The summed E-state index contributed by atoms with van der Waals surface area (Å²) in [7, 11) is 1.57. The lowest BCUT2D eigenvalue weighted by Crippen LogP contribution is -2.48. The minimum Gasteiger partial charge on any atom is -0.481 e. The first kappa shape index (κ1) is 33.6. The summed E-state index contributed by atoms with van der Waals surface area (Å²) in [6.07, 6.45) is 17.7. The first-order valence-electron chi connectivity index (χ1n) is 12.0. The smallest absolute Gasteiger partial charge is 0.303 e. The normalized spacial score (nSPS) is 15.5. The minimum absolute atomic E-state index is 0.0936. The summed E-state index contributed by atoms with van der Waals surface area (Å²) in [6, 6.07) is 0. The number of carboxylic acid groups (broad SMARTS) is 1. The van der Waals surface area contributed by atoms with Crippen LogP contribution in [-0.2, 0) is 4.79 Å². The fourth-order valence-corrected chi connectivity index (χ4v) is 2.72. The minimum atomic E-state index is -1.55. The number of carboxylic acids is 1. The lowest BCUT2D eigenvalue weighted by molar-refractivity contribution is -0.137. The van der Waals surface area contributed by atoms with Crippen LogP contribution in [0.1, 0.15) is 71.1 Å². The Morgan fingerprint density at radius 2 is 1.27 bits per heavy atom. The van der Waals surface area contributed by atoms with Crippen molar-refractivity contribution in [3.63, 3.8) is 0 Å². The molecule has 0 aromatic heterocycles. The molecular formula is C25H47NO7. The number of rotatable bonds is 19.